The van der Waals surface area contributed by atoms with Gasteiger partial charge in [-0.1, -0.05) is 0 Å². The van der Waals surface area contributed by atoms with Crippen molar-refractivity contribution in [2.75, 3.05) is 0 Å². The first kappa shape index (κ1) is 20.4. The van der Waals surface area contributed by atoms with E-state index in [0.29, 0.717) is 0 Å². The molecule has 0 amide bonds. The zero-order chi connectivity index (χ0) is 18.6. The predicted molar refractivity (Wildman–Crippen MR) is 105 cm³/mol. The van der Waals surface area contributed by atoms with Crippen molar-refractivity contribution < 1.29 is 8.94 Å². The number of aromatic nitrogens is 2. The number of hydrogen-bond donors (Lipinski definition) is 1. The second kappa shape index (κ2) is 8.66. The van der Waals surface area contributed by atoms with E-state index in [4.69, 9.17) is 0 Å². The van der Waals surface area contributed by atoms with Crippen molar-refractivity contribution in [2.24, 2.45) is 0 Å². The van der Waals surface area contributed by atoms with Crippen molar-refractivity contribution >= 4 is 27.3 Å². The van der Waals surface area contributed by atoms with E-state index in [-0.39, 0.29) is 16.6 Å². The molecule has 1 aromatic heterocycles. The summed E-state index contributed by atoms with van der Waals surface area (Å²) in [4.78, 5) is 0. The predicted octanol–water partition coefficient (Wildman–Crippen LogP) is 4.54. The zero-order valence-corrected chi connectivity index (χ0v) is 17.5. The van der Waals surface area contributed by atoms with Crippen LogP contribution in [0.2, 0.25) is 0 Å². The number of nitrogens with one attached hydrogen (secondary N) is 1. The van der Waals surface area contributed by atoms with Crippen molar-refractivity contribution in [1.29, 1.82) is 0 Å². The molecule has 0 radical (unpaired) electrons. The van der Waals surface area contributed by atoms with Crippen molar-refractivity contribution in [3.05, 3.63) is 46.4 Å². The lowest BCUT2D eigenvalue weighted by Crippen LogP contribution is -2.43. The molecule has 1 aromatic carbocycles. The first-order valence-electron chi connectivity index (χ1n) is 8.35. The lowest BCUT2D eigenvalue weighted by Gasteiger charge is -2.26. The Balaban J connectivity index is 1.95. The topological polar surface area (TPSA) is 52.9 Å². The summed E-state index contributed by atoms with van der Waals surface area (Å²) in [5.74, 6) is -0.261. The van der Waals surface area contributed by atoms with Gasteiger partial charge in [-0.2, -0.15) is 5.10 Å². The summed E-state index contributed by atoms with van der Waals surface area (Å²) in [6.07, 6.45) is 4.42. The smallest absolute Gasteiger partial charge is 0.136 e. The molecule has 0 saturated carbocycles. The highest BCUT2D eigenvalue weighted by atomic mass is 79.9. The monoisotopic (exact) mass is 429 g/mol. The number of rotatable bonds is 7. The molecule has 1 heterocycles. The van der Waals surface area contributed by atoms with Crippen LogP contribution in [0.4, 0.5) is 4.39 Å². The highest BCUT2D eigenvalue weighted by Crippen LogP contribution is 2.23. The molecule has 4 nitrogen and oxygen atoms in total. The van der Waals surface area contributed by atoms with Crippen LogP contribution in [-0.2, 0) is 17.8 Å². The van der Waals surface area contributed by atoms with Crippen molar-refractivity contribution in [3.63, 3.8) is 0 Å². The minimum Gasteiger partial charge on any atom is -0.598 e. The summed E-state index contributed by atoms with van der Waals surface area (Å²) in [5.41, 5.74) is 1.89. The SMILES string of the molecule is C[C@@H](CCCc1c(Br)cnn1-c1ccc(F)cc1)N[S+]([O-])C(C)(C)C. The maximum absolute atomic E-state index is 13.1. The molecular formula is C18H25BrFN3OS. The van der Waals surface area contributed by atoms with Crippen LogP contribution in [0.3, 0.4) is 0 Å². The van der Waals surface area contributed by atoms with Crippen LogP contribution in [0.1, 0.15) is 46.2 Å². The third-order valence-electron chi connectivity index (χ3n) is 3.80. The minimum absolute atomic E-state index is 0.168. The van der Waals surface area contributed by atoms with Crippen LogP contribution in [0.15, 0.2) is 34.9 Å². The fourth-order valence-electron chi connectivity index (χ4n) is 2.38. The molecule has 2 aromatic rings. The Bertz CT molecular complexity index is 685. The van der Waals surface area contributed by atoms with Gasteiger partial charge in [-0.25, -0.2) is 9.07 Å². The van der Waals surface area contributed by atoms with Gasteiger partial charge in [-0.3, -0.25) is 0 Å². The molecular weight excluding hydrogens is 405 g/mol. The first-order chi connectivity index (χ1) is 11.7. The Morgan fingerprint density at radius 3 is 2.56 bits per heavy atom. The molecule has 0 aliphatic rings. The van der Waals surface area contributed by atoms with Crippen molar-refractivity contribution in [1.82, 2.24) is 14.5 Å². The van der Waals surface area contributed by atoms with Crippen LogP contribution in [0.5, 0.6) is 0 Å². The van der Waals surface area contributed by atoms with Gasteiger partial charge < -0.3 is 4.55 Å². The van der Waals surface area contributed by atoms with Crippen LogP contribution in [-0.4, -0.2) is 25.1 Å². The maximum Gasteiger partial charge on any atom is 0.136 e. The van der Waals surface area contributed by atoms with Crippen molar-refractivity contribution in [3.8, 4) is 5.69 Å². The molecule has 0 aliphatic heterocycles. The summed E-state index contributed by atoms with van der Waals surface area (Å²) < 4.78 is 30.9. The van der Waals surface area contributed by atoms with Gasteiger partial charge in [0.25, 0.3) is 0 Å². The van der Waals surface area contributed by atoms with Crippen LogP contribution in [0, 0.1) is 5.82 Å². The average Bonchev–Trinajstić information content (AvgIpc) is 2.88. The maximum atomic E-state index is 13.1. The van der Waals surface area contributed by atoms with E-state index in [1.807, 2.05) is 25.5 Å². The fraction of sp³-hybridized carbons (Fsp3) is 0.500. The van der Waals surface area contributed by atoms with E-state index >= 15 is 0 Å². The molecule has 7 heteroatoms. The molecule has 138 valence electrons. The fourth-order valence-corrected chi connectivity index (χ4v) is 3.67. The quantitative estimate of drug-likeness (QED) is 0.657. The third kappa shape index (κ3) is 5.81. The first-order valence-corrected chi connectivity index (χ1v) is 10.3. The Labute approximate surface area is 160 Å². The Morgan fingerprint density at radius 1 is 1.32 bits per heavy atom. The Kier molecular flexibility index (Phi) is 7.08. The summed E-state index contributed by atoms with van der Waals surface area (Å²) in [6.45, 7) is 7.93. The third-order valence-corrected chi connectivity index (χ3v) is 6.20. The standard InChI is InChI=1S/C18H25BrFN3OS/c1-13(22-25(24)18(2,3)4)6-5-7-17-16(19)12-21-23(17)15-10-8-14(20)9-11-15/h8-13,22H,5-7H2,1-4H3/t13-,25?/m0/s1. The van der Waals surface area contributed by atoms with Gasteiger partial charge in [0, 0.05) is 17.4 Å². The van der Waals surface area contributed by atoms with Crippen molar-refractivity contribution in [2.45, 2.75) is 57.7 Å². The minimum atomic E-state index is -1.06. The van der Waals surface area contributed by atoms with Gasteiger partial charge in [0.2, 0.25) is 0 Å². The second-order valence-electron chi connectivity index (χ2n) is 7.12. The summed E-state index contributed by atoms with van der Waals surface area (Å²) in [6, 6.07) is 6.47. The van der Waals surface area contributed by atoms with Crippen LogP contribution in [0.25, 0.3) is 5.69 Å². The summed E-state index contributed by atoms with van der Waals surface area (Å²) in [5, 5.41) is 4.38. The number of halogens is 2. The molecule has 1 unspecified atom stereocenters. The van der Waals surface area contributed by atoms with Gasteiger partial charge in [-0.05, 0) is 87.2 Å². The Hall–Kier alpha value is -0.890. The lowest BCUT2D eigenvalue weighted by molar-refractivity contribution is 0.509. The van der Waals surface area contributed by atoms with E-state index in [1.165, 1.54) is 12.1 Å². The Morgan fingerprint density at radius 2 is 1.96 bits per heavy atom. The number of hydrogen-bond acceptors (Lipinski definition) is 3. The van der Waals surface area contributed by atoms with Gasteiger partial charge >= 0.3 is 0 Å². The lowest BCUT2D eigenvalue weighted by atomic mass is 10.1. The van der Waals surface area contributed by atoms with Gasteiger partial charge in [0.15, 0.2) is 0 Å². The molecule has 2 rings (SSSR count). The molecule has 0 spiro atoms. The highest BCUT2D eigenvalue weighted by molar-refractivity contribution is 9.10. The number of benzene rings is 1. The van der Waals surface area contributed by atoms with E-state index in [9.17, 15) is 8.94 Å². The molecule has 1 N–H and O–H groups in total. The molecule has 0 saturated heterocycles. The number of nitrogens with zero attached hydrogens (tertiary/aromatic N) is 2. The molecule has 0 fully saturated rings. The van der Waals surface area contributed by atoms with Gasteiger partial charge in [0.05, 0.1) is 22.1 Å². The normalized spacial score (nSPS) is 14.5. The van der Waals surface area contributed by atoms with E-state index in [0.717, 1.165) is 35.1 Å². The van der Waals surface area contributed by atoms with Gasteiger partial charge in [0.1, 0.15) is 10.6 Å². The largest absolute Gasteiger partial charge is 0.598 e. The molecule has 0 aliphatic carbocycles. The van der Waals surface area contributed by atoms with E-state index in [2.05, 4.69) is 32.7 Å². The van der Waals surface area contributed by atoms with E-state index in [1.54, 1.807) is 18.3 Å². The zero-order valence-electron chi connectivity index (χ0n) is 15.1. The van der Waals surface area contributed by atoms with Crippen LogP contribution >= 0.6 is 15.9 Å². The van der Waals surface area contributed by atoms with E-state index < -0.39 is 11.4 Å². The van der Waals surface area contributed by atoms with Crippen LogP contribution < -0.4 is 4.72 Å². The second-order valence-corrected chi connectivity index (χ2v) is 9.97. The molecule has 2 atom stereocenters. The molecule has 0 bridgehead atoms. The summed E-state index contributed by atoms with van der Waals surface area (Å²) in [7, 11) is 0. The molecule has 25 heavy (non-hydrogen) atoms. The average molecular weight is 430 g/mol. The summed E-state index contributed by atoms with van der Waals surface area (Å²) >= 11 is 2.48. The van der Waals surface area contributed by atoms with Gasteiger partial charge in [-0.15, -0.1) is 4.72 Å². The highest BCUT2D eigenvalue weighted by Gasteiger charge is 2.27.